The Kier molecular flexibility index (Phi) is 7.87. The molecule has 0 unspecified atom stereocenters. The molecule has 8 nitrogen and oxygen atoms in total. The second-order valence-electron chi connectivity index (χ2n) is 17.1. The Labute approximate surface area is 321 Å². The van der Waals surface area contributed by atoms with E-state index in [2.05, 4.69) is 115 Å². The fraction of sp³-hybridized carbons (Fsp3) is 0.273. The Morgan fingerprint density at radius 1 is 0.396 bits per heavy atom. The van der Waals surface area contributed by atoms with Crippen molar-refractivity contribution in [3.8, 4) is 45.6 Å². The number of nitrogens with zero attached hydrogens (tertiary/aromatic N) is 6. The van der Waals surface area contributed by atoms with Gasteiger partial charge in [-0.3, -0.25) is 0 Å². The van der Waals surface area contributed by atoms with E-state index >= 15 is 0 Å². The van der Waals surface area contributed by atoms with Crippen LogP contribution in [0.3, 0.4) is 0 Å². The smallest absolute Gasteiger partial charge is 0.164 e. The molecule has 0 spiro atoms. The maximum atomic E-state index is 5.40. The SMILES string of the molecule is CC(C)(C)c1cc2c3nc4nc(nc5[nH]c(nc6nc(nc([nH]3)c2c(C(C)(C)C)c1C(C)(C)C)-c1ccccc1-6)c1ccccc51)-c1ccccc1-4.[Zn]. The summed E-state index contributed by atoms with van der Waals surface area (Å²) in [6.45, 7) is 20.7. The number of H-pyrrole nitrogens is 2. The molecular formula is C44H42N8Zn. The molecule has 5 heterocycles. The van der Waals surface area contributed by atoms with Crippen LogP contribution in [0, 0.1) is 0 Å². The molecule has 0 aliphatic carbocycles. The first-order valence-electron chi connectivity index (χ1n) is 18.0. The molecule has 260 valence electrons. The van der Waals surface area contributed by atoms with Crippen LogP contribution in [0.25, 0.3) is 89.7 Å². The molecule has 9 rings (SSSR count). The van der Waals surface area contributed by atoms with Crippen molar-refractivity contribution in [2.45, 2.75) is 78.6 Å². The first kappa shape index (κ1) is 34.9. The molecule has 0 saturated carbocycles. The van der Waals surface area contributed by atoms with E-state index in [-0.39, 0.29) is 35.7 Å². The number of aromatic nitrogens is 8. The van der Waals surface area contributed by atoms with Crippen LogP contribution in [-0.4, -0.2) is 39.9 Å². The van der Waals surface area contributed by atoms with Gasteiger partial charge >= 0.3 is 0 Å². The molecule has 7 aromatic rings. The summed E-state index contributed by atoms with van der Waals surface area (Å²) in [5, 5.41) is 3.97. The van der Waals surface area contributed by atoms with Crippen molar-refractivity contribution in [2.24, 2.45) is 0 Å². The summed E-state index contributed by atoms with van der Waals surface area (Å²) in [7, 11) is 0. The van der Waals surface area contributed by atoms with E-state index in [1.165, 1.54) is 16.7 Å². The predicted molar refractivity (Wildman–Crippen MR) is 212 cm³/mol. The molecule has 0 saturated heterocycles. The van der Waals surface area contributed by atoms with Crippen molar-refractivity contribution in [1.82, 2.24) is 39.9 Å². The molecule has 2 N–H and O–H groups in total. The number of rotatable bonds is 0. The van der Waals surface area contributed by atoms with Gasteiger partial charge in [-0.2, -0.15) is 0 Å². The second-order valence-corrected chi connectivity index (χ2v) is 17.1. The Hall–Kier alpha value is -5.14. The quantitative estimate of drug-likeness (QED) is 0.150. The van der Waals surface area contributed by atoms with Gasteiger partial charge in [0.05, 0.1) is 0 Å². The number of fused-ring (bicyclic) bond motifs is 20. The van der Waals surface area contributed by atoms with E-state index in [4.69, 9.17) is 29.9 Å². The van der Waals surface area contributed by atoms with Crippen LogP contribution in [-0.2, 0) is 35.7 Å². The Bertz CT molecular complexity index is 2810. The van der Waals surface area contributed by atoms with Crippen molar-refractivity contribution >= 4 is 44.1 Å². The fourth-order valence-corrected chi connectivity index (χ4v) is 7.92. The maximum absolute atomic E-state index is 5.40. The summed E-state index contributed by atoms with van der Waals surface area (Å²) in [6.07, 6.45) is 0. The minimum Gasteiger partial charge on any atom is -0.324 e. The van der Waals surface area contributed by atoms with E-state index in [1.807, 2.05) is 36.4 Å². The third-order valence-corrected chi connectivity index (χ3v) is 10.2. The van der Waals surface area contributed by atoms with Crippen molar-refractivity contribution in [1.29, 1.82) is 0 Å². The van der Waals surface area contributed by atoms with Crippen molar-refractivity contribution in [3.05, 3.63) is 95.6 Å². The van der Waals surface area contributed by atoms with Gasteiger partial charge in [-0.1, -0.05) is 135 Å². The predicted octanol–water partition coefficient (Wildman–Crippen LogP) is 10.8. The van der Waals surface area contributed by atoms with Gasteiger partial charge in [0.25, 0.3) is 0 Å². The zero-order chi connectivity index (χ0) is 36.3. The van der Waals surface area contributed by atoms with Crippen LogP contribution >= 0.6 is 0 Å². The molecule has 53 heavy (non-hydrogen) atoms. The van der Waals surface area contributed by atoms with Crippen LogP contribution in [0.15, 0.2) is 78.9 Å². The van der Waals surface area contributed by atoms with E-state index < -0.39 is 0 Å². The van der Waals surface area contributed by atoms with Gasteiger partial charge in [-0.25, -0.2) is 29.9 Å². The molecular weight excluding hydrogens is 706 g/mol. The summed E-state index contributed by atoms with van der Waals surface area (Å²) < 4.78 is 0. The minimum absolute atomic E-state index is 0. The Balaban J connectivity index is 0.00000400. The van der Waals surface area contributed by atoms with Crippen LogP contribution in [0.4, 0.5) is 0 Å². The summed E-state index contributed by atoms with van der Waals surface area (Å²) in [4.78, 5) is 38.5. The summed E-state index contributed by atoms with van der Waals surface area (Å²) in [5.41, 5.74) is 9.92. The molecule has 0 amide bonds. The first-order valence-corrected chi connectivity index (χ1v) is 18.0. The molecule has 3 aromatic heterocycles. The molecule has 0 fully saturated rings. The number of aromatic amines is 2. The molecule has 2 aliphatic rings. The fourth-order valence-electron chi connectivity index (χ4n) is 7.92. The Morgan fingerprint density at radius 2 is 0.755 bits per heavy atom. The average molecular weight is 748 g/mol. The summed E-state index contributed by atoms with van der Waals surface area (Å²) in [5.74, 6) is 2.40. The average Bonchev–Trinajstić information content (AvgIpc) is 3.82. The van der Waals surface area contributed by atoms with Gasteiger partial charge in [0, 0.05) is 63.3 Å². The Morgan fingerprint density at radius 3 is 1.15 bits per heavy atom. The van der Waals surface area contributed by atoms with Gasteiger partial charge in [0.15, 0.2) is 23.3 Å². The van der Waals surface area contributed by atoms with Gasteiger partial charge in [0.2, 0.25) is 0 Å². The standard InChI is InChI=1S/C44H42N8.Zn/c1-42(2,3)30-22-29-31(33(44(7,8)9)32(30)43(4,5)6)41-51-39-28-21-15-14-20-27(28)37(49-39)47-35-24-17-11-10-16-23(24)34(45-35)46-36-25-18-12-13-19-26(25)38(48-36)50-40(29)52-41;/h10-22H,1-9H3,(H2,45,46,47,48,49,50,51,52);. The van der Waals surface area contributed by atoms with Gasteiger partial charge in [-0.15, -0.1) is 0 Å². The summed E-state index contributed by atoms with van der Waals surface area (Å²) in [6, 6.07) is 26.9. The molecule has 9 heteroatoms. The maximum Gasteiger partial charge on any atom is 0.164 e. The van der Waals surface area contributed by atoms with Crippen LogP contribution in [0.1, 0.15) is 79.0 Å². The largest absolute Gasteiger partial charge is 0.324 e. The number of benzene rings is 4. The van der Waals surface area contributed by atoms with Crippen LogP contribution < -0.4 is 0 Å². The van der Waals surface area contributed by atoms with Gasteiger partial charge in [0.1, 0.15) is 22.6 Å². The third-order valence-electron chi connectivity index (χ3n) is 10.2. The van der Waals surface area contributed by atoms with Gasteiger partial charge in [-0.05, 0) is 39.0 Å². The first-order chi connectivity index (χ1) is 24.7. The minimum atomic E-state index is -0.226. The molecule has 0 atom stereocenters. The van der Waals surface area contributed by atoms with Crippen molar-refractivity contribution in [3.63, 3.8) is 0 Å². The number of hydrogen-bond donors (Lipinski definition) is 2. The monoisotopic (exact) mass is 746 g/mol. The van der Waals surface area contributed by atoms with E-state index in [0.29, 0.717) is 40.2 Å². The molecule has 8 bridgehead atoms. The second kappa shape index (κ2) is 11.9. The van der Waals surface area contributed by atoms with E-state index in [0.717, 1.165) is 49.4 Å². The summed E-state index contributed by atoms with van der Waals surface area (Å²) >= 11 is 0. The zero-order valence-electron chi connectivity index (χ0n) is 31.9. The van der Waals surface area contributed by atoms with Crippen LogP contribution in [0.2, 0.25) is 0 Å². The number of hydrogen-bond acceptors (Lipinski definition) is 6. The molecule has 4 aromatic carbocycles. The van der Waals surface area contributed by atoms with E-state index in [9.17, 15) is 0 Å². The van der Waals surface area contributed by atoms with Crippen molar-refractivity contribution in [2.75, 3.05) is 0 Å². The van der Waals surface area contributed by atoms with Crippen LogP contribution in [0.5, 0.6) is 0 Å². The van der Waals surface area contributed by atoms with Gasteiger partial charge < -0.3 is 9.97 Å². The van der Waals surface area contributed by atoms with Crippen molar-refractivity contribution < 1.29 is 19.5 Å². The molecule has 2 aliphatic heterocycles. The van der Waals surface area contributed by atoms with E-state index in [1.54, 1.807) is 0 Å². The molecule has 0 radical (unpaired) electrons. The number of nitrogens with one attached hydrogen (secondary N) is 2. The zero-order valence-corrected chi connectivity index (χ0v) is 34.9. The topological polar surface area (TPSA) is 109 Å². The normalized spacial score (nSPS) is 12.8. The third kappa shape index (κ3) is 5.59.